The van der Waals surface area contributed by atoms with Crippen LogP contribution >= 0.6 is 0 Å². The molecule has 1 N–H and O–H groups in total. The van der Waals surface area contributed by atoms with E-state index in [9.17, 15) is 14.4 Å². The van der Waals surface area contributed by atoms with Gasteiger partial charge in [0, 0.05) is 52.1 Å². The number of nitrogens with one attached hydrogen (secondary N) is 1. The highest BCUT2D eigenvalue weighted by atomic mass is 16.2. The molecule has 1 aliphatic carbocycles. The van der Waals surface area contributed by atoms with Crippen LogP contribution in [0.5, 0.6) is 0 Å². The second-order valence-electron chi connectivity index (χ2n) is 6.63. The zero-order valence-electron chi connectivity index (χ0n) is 14.9. The number of azide groups is 1. The van der Waals surface area contributed by atoms with Crippen LogP contribution < -0.4 is 5.32 Å². The van der Waals surface area contributed by atoms with E-state index in [1.165, 1.54) is 0 Å². The maximum Gasteiger partial charge on any atom is 0.220 e. The summed E-state index contributed by atoms with van der Waals surface area (Å²) in [6.45, 7) is 9.25. The SMILES string of the molecule is CC1=C(C)C(=O)C(C(C)(C)CC(=O)NCCCN=[N+]=[N-])=C(C)C1=O. The molecule has 0 saturated heterocycles. The molecular weight excluding hydrogens is 308 g/mol. The molecule has 0 saturated carbocycles. The lowest BCUT2D eigenvalue weighted by Crippen LogP contribution is -2.35. The van der Waals surface area contributed by atoms with Gasteiger partial charge in [-0.3, -0.25) is 14.4 Å². The summed E-state index contributed by atoms with van der Waals surface area (Å²) in [6, 6.07) is 0. The van der Waals surface area contributed by atoms with E-state index in [1.54, 1.807) is 34.6 Å². The number of amides is 1. The van der Waals surface area contributed by atoms with Gasteiger partial charge in [-0.15, -0.1) is 0 Å². The van der Waals surface area contributed by atoms with Crippen LogP contribution in [0.15, 0.2) is 27.4 Å². The maximum absolute atomic E-state index is 12.6. The van der Waals surface area contributed by atoms with E-state index in [4.69, 9.17) is 5.53 Å². The Kier molecular flexibility index (Phi) is 6.49. The summed E-state index contributed by atoms with van der Waals surface area (Å²) in [4.78, 5) is 39.7. The summed E-state index contributed by atoms with van der Waals surface area (Å²) in [5.41, 5.74) is 9.20. The third kappa shape index (κ3) is 4.32. The van der Waals surface area contributed by atoms with Crippen LogP contribution in [0.1, 0.15) is 47.5 Å². The van der Waals surface area contributed by atoms with Gasteiger partial charge in [0.1, 0.15) is 0 Å². The monoisotopic (exact) mass is 332 g/mol. The first-order valence-corrected chi connectivity index (χ1v) is 7.89. The normalized spacial score (nSPS) is 15.5. The van der Waals surface area contributed by atoms with Crippen LogP contribution in [0.3, 0.4) is 0 Å². The van der Waals surface area contributed by atoms with Crippen molar-refractivity contribution in [2.45, 2.75) is 47.5 Å². The number of carbonyl (C=O) groups is 3. The average Bonchev–Trinajstić information content (AvgIpc) is 2.50. The van der Waals surface area contributed by atoms with Crippen LogP contribution in [0, 0.1) is 5.41 Å². The predicted octanol–water partition coefficient (Wildman–Crippen LogP) is 3.02. The summed E-state index contributed by atoms with van der Waals surface area (Å²) < 4.78 is 0. The molecule has 0 aromatic heterocycles. The number of ketones is 2. The fourth-order valence-electron chi connectivity index (χ4n) is 2.88. The standard InChI is InChI=1S/C17H24N4O3/c1-10-11(2)16(24)14(12(3)15(10)23)17(4,5)9-13(22)19-7-6-8-20-21-18/h6-9H2,1-5H3,(H,19,22). The topological polar surface area (TPSA) is 112 Å². The van der Waals surface area contributed by atoms with Crippen molar-refractivity contribution < 1.29 is 14.4 Å². The third-order valence-electron chi connectivity index (χ3n) is 4.29. The first-order valence-electron chi connectivity index (χ1n) is 7.89. The summed E-state index contributed by atoms with van der Waals surface area (Å²) >= 11 is 0. The number of hydrogen-bond donors (Lipinski definition) is 1. The molecule has 0 unspecified atom stereocenters. The lowest BCUT2D eigenvalue weighted by molar-refractivity contribution is -0.123. The smallest absolute Gasteiger partial charge is 0.220 e. The Hall–Kier alpha value is -2.40. The Morgan fingerprint density at radius 3 is 2.29 bits per heavy atom. The minimum absolute atomic E-state index is 0.104. The van der Waals surface area contributed by atoms with Crippen LogP contribution in [-0.4, -0.2) is 30.6 Å². The molecule has 24 heavy (non-hydrogen) atoms. The molecule has 7 heteroatoms. The molecule has 0 aromatic rings. The third-order valence-corrected chi connectivity index (χ3v) is 4.29. The molecule has 0 fully saturated rings. The summed E-state index contributed by atoms with van der Waals surface area (Å²) in [5.74, 6) is -0.499. The molecule has 0 heterocycles. The van der Waals surface area contributed by atoms with Crippen molar-refractivity contribution in [1.29, 1.82) is 0 Å². The second-order valence-corrected chi connectivity index (χ2v) is 6.63. The molecule has 0 spiro atoms. The van der Waals surface area contributed by atoms with E-state index in [-0.39, 0.29) is 23.9 Å². The van der Waals surface area contributed by atoms with Gasteiger partial charge < -0.3 is 5.32 Å². The number of nitrogens with zero attached hydrogens (tertiary/aromatic N) is 3. The first-order chi connectivity index (χ1) is 11.1. The number of carbonyl (C=O) groups excluding carboxylic acids is 3. The molecule has 0 atom stereocenters. The molecule has 7 nitrogen and oxygen atoms in total. The number of rotatable bonds is 7. The predicted molar refractivity (Wildman–Crippen MR) is 91.1 cm³/mol. The minimum Gasteiger partial charge on any atom is -0.356 e. The van der Waals surface area contributed by atoms with E-state index in [0.29, 0.717) is 41.8 Å². The average molecular weight is 332 g/mol. The van der Waals surface area contributed by atoms with Crippen molar-refractivity contribution >= 4 is 17.5 Å². The van der Waals surface area contributed by atoms with Crippen molar-refractivity contribution in [2.24, 2.45) is 10.5 Å². The van der Waals surface area contributed by atoms with Crippen molar-refractivity contribution in [3.63, 3.8) is 0 Å². The van der Waals surface area contributed by atoms with E-state index in [2.05, 4.69) is 15.3 Å². The van der Waals surface area contributed by atoms with Gasteiger partial charge in [-0.25, -0.2) is 0 Å². The van der Waals surface area contributed by atoms with Gasteiger partial charge in [0.15, 0.2) is 11.6 Å². The Balaban J connectivity index is 2.84. The quantitative estimate of drug-likeness (QED) is 0.254. The van der Waals surface area contributed by atoms with Crippen molar-refractivity contribution in [3.8, 4) is 0 Å². The Morgan fingerprint density at radius 2 is 1.71 bits per heavy atom. The zero-order valence-corrected chi connectivity index (χ0v) is 14.9. The maximum atomic E-state index is 12.6. The van der Waals surface area contributed by atoms with Crippen LogP contribution in [0.25, 0.3) is 10.4 Å². The lowest BCUT2D eigenvalue weighted by atomic mass is 9.71. The summed E-state index contributed by atoms with van der Waals surface area (Å²) in [5, 5.41) is 6.14. The van der Waals surface area contributed by atoms with Crippen LogP contribution in [-0.2, 0) is 14.4 Å². The van der Waals surface area contributed by atoms with E-state index >= 15 is 0 Å². The molecule has 1 aliphatic rings. The molecule has 0 bridgehead atoms. The Bertz CT molecular complexity index is 680. The number of hydrogen-bond acceptors (Lipinski definition) is 4. The van der Waals surface area contributed by atoms with E-state index in [1.807, 2.05) is 0 Å². The van der Waals surface area contributed by atoms with Gasteiger partial charge in [-0.1, -0.05) is 19.0 Å². The molecule has 130 valence electrons. The first kappa shape index (κ1) is 19.6. The largest absolute Gasteiger partial charge is 0.356 e. The fourth-order valence-corrected chi connectivity index (χ4v) is 2.88. The van der Waals surface area contributed by atoms with E-state index < -0.39 is 5.41 Å². The second kappa shape index (κ2) is 7.93. The van der Waals surface area contributed by atoms with Crippen LogP contribution in [0.2, 0.25) is 0 Å². The molecule has 0 aliphatic heterocycles. The van der Waals surface area contributed by atoms with Crippen molar-refractivity contribution in [2.75, 3.05) is 13.1 Å². The molecule has 1 rings (SSSR count). The Morgan fingerprint density at radius 1 is 1.12 bits per heavy atom. The Labute approximate surface area is 141 Å². The highest BCUT2D eigenvalue weighted by Gasteiger charge is 2.38. The minimum atomic E-state index is -0.742. The lowest BCUT2D eigenvalue weighted by Gasteiger charge is -2.31. The molecule has 0 aromatic carbocycles. The van der Waals surface area contributed by atoms with Gasteiger partial charge in [0.25, 0.3) is 0 Å². The van der Waals surface area contributed by atoms with Crippen molar-refractivity contribution in [1.82, 2.24) is 5.32 Å². The molecular formula is C17H24N4O3. The zero-order chi connectivity index (χ0) is 18.5. The number of Topliss-reactive ketones (excluding diaryl/α,β-unsaturated/α-hetero) is 2. The highest BCUT2D eigenvalue weighted by Crippen LogP contribution is 2.38. The molecule has 1 amide bonds. The van der Waals surface area contributed by atoms with Gasteiger partial charge >= 0.3 is 0 Å². The fraction of sp³-hybridized carbons (Fsp3) is 0.588. The van der Waals surface area contributed by atoms with Gasteiger partial charge in [-0.05, 0) is 32.7 Å². The summed E-state index contributed by atoms with van der Waals surface area (Å²) in [6.07, 6.45) is 0.656. The number of allylic oxidation sites excluding steroid dienone is 4. The highest BCUT2D eigenvalue weighted by molar-refractivity contribution is 6.25. The van der Waals surface area contributed by atoms with Crippen molar-refractivity contribution in [3.05, 3.63) is 32.7 Å². The molecule has 0 radical (unpaired) electrons. The van der Waals surface area contributed by atoms with Gasteiger partial charge in [-0.2, -0.15) is 0 Å². The van der Waals surface area contributed by atoms with Crippen LogP contribution in [0.4, 0.5) is 0 Å². The van der Waals surface area contributed by atoms with Gasteiger partial charge in [0.2, 0.25) is 5.91 Å². The van der Waals surface area contributed by atoms with Gasteiger partial charge in [0.05, 0.1) is 0 Å². The summed E-state index contributed by atoms with van der Waals surface area (Å²) in [7, 11) is 0. The van der Waals surface area contributed by atoms with E-state index in [0.717, 1.165) is 0 Å².